The normalized spacial score (nSPS) is 12.4. The highest BCUT2D eigenvalue weighted by Crippen LogP contribution is 2.32. The van der Waals surface area contributed by atoms with Gasteiger partial charge in [-0.25, -0.2) is 4.98 Å². The number of aromatic nitrogens is 1. The van der Waals surface area contributed by atoms with Crippen molar-refractivity contribution in [2.24, 2.45) is 0 Å². The number of nitrogens with zero attached hydrogens (tertiary/aromatic N) is 1. The molecule has 0 aromatic carbocycles. The highest BCUT2D eigenvalue weighted by Gasteiger charge is 2.23. The van der Waals surface area contributed by atoms with Crippen molar-refractivity contribution in [3.8, 4) is 0 Å². The van der Waals surface area contributed by atoms with Crippen LogP contribution < -0.4 is 5.32 Å². The highest BCUT2D eigenvalue weighted by molar-refractivity contribution is 7.11. The molecule has 0 amide bonds. The van der Waals surface area contributed by atoms with Crippen molar-refractivity contribution in [2.75, 3.05) is 6.54 Å². The third-order valence-electron chi connectivity index (χ3n) is 2.63. The molecule has 1 rings (SSSR count). The molecule has 2 nitrogen and oxygen atoms in total. The Morgan fingerprint density at radius 2 is 1.94 bits per heavy atom. The van der Waals surface area contributed by atoms with Gasteiger partial charge in [0, 0.05) is 22.8 Å². The van der Waals surface area contributed by atoms with Crippen LogP contribution in [0.4, 0.5) is 0 Å². The Balaban J connectivity index is 2.92. The Morgan fingerprint density at radius 1 is 1.29 bits per heavy atom. The summed E-state index contributed by atoms with van der Waals surface area (Å²) >= 11 is 1.87. The van der Waals surface area contributed by atoms with Crippen LogP contribution in [0, 0.1) is 0 Å². The molecule has 0 aliphatic heterocycles. The second kappa shape index (κ2) is 5.96. The second-order valence-electron chi connectivity index (χ2n) is 5.91. The highest BCUT2D eigenvalue weighted by atomic mass is 32.1. The summed E-state index contributed by atoms with van der Waals surface area (Å²) in [6.45, 7) is 15.4. The van der Waals surface area contributed by atoms with E-state index in [1.807, 2.05) is 11.3 Å². The van der Waals surface area contributed by atoms with E-state index in [0.717, 1.165) is 13.1 Å². The predicted octanol–water partition coefficient (Wildman–Crippen LogP) is 4.06. The van der Waals surface area contributed by atoms with Gasteiger partial charge in [-0.05, 0) is 13.0 Å². The predicted molar refractivity (Wildman–Crippen MR) is 76.9 cm³/mol. The van der Waals surface area contributed by atoms with Crippen molar-refractivity contribution in [1.82, 2.24) is 10.3 Å². The molecule has 3 heteroatoms. The first-order valence-corrected chi connectivity index (χ1v) is 7.38. The van der Waals surface area contributed by atoms with E-state index >= 15 is 0 Å². The average molecular weight is 254 g/mol. The molecule has 0 fully saturated rings. The van der Waals surface area contributed by atoms with E-state index in [9.17, 15) is 0 Å². The Morgan fingerprint density at radius 3 is 2.41 bits per heavy atom. The first-order chi connectivity index (χ1) is 7.86. The fraction of sp³-hybridized carbons (Fsp3) is 0.786. The fourth-order valence-electron chi connectivity index (χ4n) is 1.70. The van der Waals surface area contributed by atoms with E-state index in [1.54, 1.807) is 0 Å². The van der Waals surface area contributed by atoms with E-state index in [1.165, 1.54) is 22.0 Å². The van der Waals surface area contributed by atoms with Gasteiger partial charge in [0.05, 0.1) is 10.7 Å². The molecular weight excluding hydrogens is 228 g/mol. The maximum absolute atomic E-state index is 4.84. The molecule has 0 radical (unpaired) electrons. The molecule has 17 heavy (non-hydrogen) atoms. The third-order valence-corrected chi connectivity index (χ3v) is 3.99. The first kappa shape index (κ1) is 14.7. The lowest BCUT2D eigenvalue weighted by molar-refractivity contribution is 0.556. The Kier molecular flexibility index (Phi) is 5.14. The van der Waals surface area contributed by atoms with Crippen molar-refractivity contribution in [1.29, 1.82) is 0 Å². The molecule has 98 valence electrons. The Hall–Kier alpha value is -0.410. The maximum atomic E-state index is 4.84. The summed E-state index contributed by atoms with van der Waals surface area (Å²) in [5.74, 6) is 0.529. The summed E-state index contributed by atoms with van der Waals surface area (Å²) < 4.78 is 0. The number of hydrogen-bond acceptors (Lipinski definition) is 3. The minimum absolute atomic E-state index is 0.146. The van der Waals surface area contributed by atoms with Crippen molar-refractivity contribution in [3.05, 3.63) is 15.6 Å². The SMILES string of the molecule is CCCNCc1sc(C(C)C)nc1C(C)(C)C. The smallest absolute Gasteiger partial charge is 0.0957 e. The molecule has 1 aromatic heterocycles. The zero-order valence-electron chi connectivity index (χ0n) is 12.1. The molecular formula is C14H26N2S. The van der Waals surface area contributed by atoms with Gasteiger partial charge in [-0.2, -0.15) is 0 Å². The molecule has 0 bridgehead atoms. The van der Waals surface area contributed by atoms with Crippen LogP contribution in [0.15, 0.2) is 0 Å². The van der Waals surface area contributed by atoms with Crippen LogP contribution in [0.3, 0.4) is 0 Å². The van der Waals surface area contributed by atoms with Crippen LogP contribution in [-0.4, -0.2) is 11.5 Å². The van der Waals surface area contributed by atoms with E-state index in [0.29, 0.717) is 5.92 Å². The third kappa shape index (κ3) is 4.07. The van der Waals surface area contributed by atoms with Gasteiger partial charge in [0.25, 0.3) is 0 Å². The van der Waals surface area contributed by atoms with Gasteiger partial charge in [-0.3, -0.25) is 0 Å². The number of nitrogens with one attached hydrogen (secondary N) is 1. The standard InChI is InChI=1S/C14H26N2S/c1-7-8-15-9-11-12(14(4,5)6)16-13(17-11)10(2)3/h10,15H,7-9H2,1-6H3. The Labute approximate surface area is 110 Å². The average Bonchev–Trinajstić information content (AvgIpc) is 2.62. The zero-order chi connectivity index (χ0) is 13.1. The molecule has 0 aliphatic rings. The van der Waals surface area contributed by atoms with Gasteiger partial charge in [0.15, 0.2) is 0 Å². The van der Waals surface area contributed by atoms with Gasteiger partial charge in [0.1, 0.15) is 0 Å². The molecule has 1 aromatic rings. The van der Waals surface area contributed by atoms with Gasteiger partial charge < -0.3 is 5.32 Å². The van der Waals surface area contributed by atoms with Crippen molar-refractivity contribution in [2.45, 2.75) is 65.8 Å². The molecule has 1 heterocycles. The number of hydrogen-bond donors (Lipinski definition) is 1. The van der Waals surface area contributed by atoms with Gasteiger partial charge >= 0.3 is 0 Å². The monoisotopic (exact) mass is 254 g/mol. The van der Waals surface area contributed by atoms with E-state index in [4.69, 9.17) is 4.98 Å². The zero-order valence-corrected chi connectivity index (χ0v) is 12.9. The molecule has 0 atom stereocenters. The first-order valence-electron chi connectivity index (χ1n) is 6.57. The van der Waals surface area contributed by atoms with Gasteiger partial charge in [0.2, 0.25) is 0 Å². The Bertz CT molecular complexity index is 348. The summed E-state index contributed by atoms with van der Waals surface area (Å²) in [7, 11) is 0. The summed E-state index contributed by atoms with van der Waals surface area (Å²) in [5, 5.41) is 4.75. The topological polar surface area (TPSA) is 24.9 Å². The van der Waals surface area contributed by atoms with Crippen LogP contribution in [-0.2, 0) is 12.0 Å². The molecule has 0 saturated heterocycles. The van der Waals surface area contributed by atoms with Crippen LogP contribution in [0.2, 0.25) is 0 Å². The molecule has 0 saturated carbocycles. The molecule has 0 spiro atoms. The molecule has 0 aliphatic carbocycles. The quantitative estimate of drug-likeness (QED) is 0.801. The summed E-state index contributed by atoms with van der Waals surface area (Å²) in [5.41, 5.74) is 1.42. The fourth-order valence-corrected chi connectivity index (χ4v) is 2.95. The van der Waals surface area contributed by atoms with Crippen LogP contribution >= 0.6 is 11.3 Å². The van der Waals surface area contributed by atoms with E-state index < -0.39 is 0 Å². The minimum atomic E-state index is 0.146. The summed E-state index contributed by atoms with van der Waals surface area (Å²) in [6.07, 6.45) is 1.18. The largest absolute Gasteiger partial charge is 0.312 e. The number of rotatable bonds is 5. The maximum Gasteiger partial charge on any atom is 0.0957 e. The van der Waals surface area contributed by atoms with E-state index in [2.05, 4.69) is 46.9 Å². The van der Waals surface area contributed by atoms with E-state index in [-0.39, 0.29) is 5.41 Å². The second-order valence-corrected chi connectivity index (χ2v) is 7.02. The van der Waals surface area contributed by atoms with Gasteiger partial charge in [-0.15, -0.1) is 11.3 Å². The van der Waals surface area contributed by atoms with Crippen molar-refractivity contribution < 1.29 is 0 Å². The lowest BCUT2D eigenvalue weighted by Crippen LogP contribution is -2.19. The molecule has 1 N–H and O–H groups in total. The molecule has 0 unspecified atom stereocenters. The number of thiazole rings is 1. The van der Waals surface area contributed by atoms with Crippen LogP contribution in [0.5, 0.6) is 0 Å². The van der Waals surface area contributed by atoms with Crippen LogP contribution in [0.25, 0.3) is 0 Å². The summed E-state index contributed by atoms with van der Waals surface area (Å²) in [4.78, 5) is 6.25. The lowest BCUT2D eigenvalue weighted by atomic mass is 9.91. The minimum Gasteiger partial charge on any atom is -0.312 e. The summed E-state index contributed by atoms with van der Waals surface area (Å²) in [6, 6.07) is 0. The lowest BCUT2D eigenvalue weighted by Gasteiger charge is -2.17. The van der Waals surface area contributed by atoms with Gasteiger partial charge in [-0.1, -0.05) is 41.5 Å². The van der Waals surface area contributed by atoms with Crippen molar-refractivity contribution >= 4 is 11.3 Å². The van der Waals surface area contributed by atoms with Crippen molar-refractivity contribution in [3.63, 3.8) is 0 Å². The van der Waals surface area contributed by atoms with Crippen LogP contribution in [0.1, 0.15) is 69.5 Å².